The second-order valence-corrected chi connectivity index (χ2v) is 7.11. The maximum atomic E-state index is 14.0. The second kappa shape index (κ2) is 7.98. The van der Waals surface area contributed by atoms with Crippen LogP contribution in [-0.2, 0) is 7.05 Å². The molecule has 3 aromatic rings. The highest BCUT2D eigenvalue weighted by atomic mass is 19.1. The van der Waals surface area contributed by atoms with Gasteiger partial charge in [-0.2, -0.15) is 4.98 Å². The Bertz CT molecular complexity index is 1040. The first-order chi connectivity index (χ1) is 14.0. The molecular weight excluding hydrogens is 373 g/mol. The lowest BCUT2D eigenvalue weighted by molar-refractivity contribution is 0.0582. The molecule has 1 amide bonds. The molecule has 0 aliphatic carbocycles. The van der Waals surface area contributed by atoms with Gasteiger partial charge in [0.05, 0.1) is 6.04 Å². The summed E-state index contributed by atoms with van der Waals surface area (Å²) in [5.74, 6) is 0.623. The Labute approximate surface area is 168 Å². The Morgan fingerprint density at radius 2 is 2.07 bits per heavy atom. The van der Waals surface area contributed by atoms with Crippen molar-refractivity contribution in [3.8, 4) is 11.6 Å². The highest BCUT2D eigenvalue weighted by Crippen LogP contribution is 2.32. The molecular formula is C21H22FN5O2. The average Bonchev–Trinajstić information content (AvgIpc) is 3.15. The van der Waals surface area contributed by atoms with E-state index in [1.54, 1.807) is 53.2 Å². The van der Waals surface area contributed by atoms with Gasteiger partial charge in [0.2, 0.25) is 5.88 Å². The molecule has 1 saturated heterocycles. The van der Waals surface area contributed by atoms with Crippen molar-refractivity contribution < 1.29 is 13.9 Å². The molecule has 0 bridgehead atoms. The summed E-state index contributed by atoms with van der Waals surface area (Å²) in [7, 11) is 1.79. The molecule has 3 heterocycles. The number of aryl methyl sites for hydroxylation is 2. The topological polar surface area (TPSA) is 73.1 Å². The summed E-state index contributed by atoms with van der Waals surface area (Å²) in [6.07, 6.45) is 5.98. The molecule has 0 spiro atoms. The van der Waals surface area contributed by atoms with Crippen LogP contribution < -0.4 is 4.74 Å². The van der Waals surface area contributed by atoms with Gasteiger partial charge in [-0.15, -0.1) is 0 Å². The van der Waals surface area contributed by atoms with Crippen LogP contribution in [0, 0.1) is 12.7 Å². The van der Waals surface area contributed by atoms with Gasteiger partial charge in [-0.3, -0.25) is 4.79 Å². The number of piperidine rings is 1. The van der Waals surface area contributed by atoms with Crippen molar-refractivity contribution in [2.45, 2.75) is 32.2 Å². The van der Waals surface area contributed by atoms with Crippen LogP contribution in [0.1, 0.15) is 47.4 Å². The lowest BCUT2D eigenvalue weighted by Gasteiger charge is -2.34. The molecule has 0 radical (unpaired) electrons. The molecule has 1 atom stereocenters. The first-order valence-electron chi connectivity index (χ1n) is 9.59. The number of ether oxygens (including phenoxy) is 1. The number of carbonyl (C=O) groups excluding carboxylic acids is 1. The minimum Gasteiger partial charge on any atom is -0.436 e. The van der Waals surface area contributed by atoms with Crippen LogP contribution in [0.4, 0.5) is 4.39 Å². The van der Waals surface area contributed by atoms with E-state index in [-0.39, 0.29) is 23.6 Å². The molecule has 0 N–H and O–H groups in total. The van der Waals surface area contributed by atoms with E-state index in [4.69, 9.17) is 4.74 Å². The molecule has 1 aromatic carbocycles. The van der Waals surface area contributed by atoms with Crippen molar-refractivity contribution in [3.05, 3.63) is 65.9 Å². The van der Waals surface area contributed by atoms with E-state index in [1.165, 1.54) is 6.07 Å². The summed E-state index contributed by atoms with van der Waals surface area (Å²) in [5.41, 5.74) is 0.691. The van der Waals surface area contributed by atoms with Crippen LogP contribution in [-0.4, -0.2) is 36.9 Å². The van der Waals surface area contributed by atoms with Gasteiger partial charge < -0.3 is 14.2 Å². The highest BCUT2D eigenvalue weighted by molar-refractivity contribution is 5.91. The zero-order chi connectivity index (χ0) is 20.4. The number of halogens is 1. The van der Waals surface area contributed by atoms with Crippen molar-refractivity contribution in [2.75, 3.05) is 6.54 Å². The average molecular weight is 395 g/mol. The van der Waals surface area contributed by atoms with Gasteiger partial charge in [-0.25, -0.2) is 14.4 Å². The molecule has 1 aliphatic rings. The first kappa shape index (κ1) is 19.0. The predicted octanol–water partition coefficient (Wildman–Crippen LogP) is 3.82. The first-order valence-corrected chi connectivity index (χ1v) is 9.59. The monoisotopic (exact) mass is 395 g/mol. The number of para-hydroxylation sites is 1. The Balaban J connectivity index is 1.65. The fraction of sp³-hybridized carbons (Fsp3) is 0.333. The summed E-state index contributed by atoms with van der Waals surface area (Å²) in [4.78, 5) is 28.1. The second-order valence-electron chi connectivity index (χ2n) is 7.11. The molecule has 29 heavy (non-hydrogen) atoms. The molecule has 8 heteroatoms. The summed E-state index contributed by atoms with van der Waals surface area (Å²) in [6, 6.07) is 7.55. The van der Waals surface area contributed by atoms with Gasteiger partial charge in [-0.05, 0) is 38.3 Å². The number of benzene rings is 1. The van der Waals surface area contributed by atoms with Crippen molar-refractivity contribution >= 4 is 5.91 Å². The SMILES string of the molecule is Cc1cc(Oc2ccccc2F)nc([C@@H]2CCCCN2C(=O)c2nccn2C)n1. The van der Waals surface area contributed by atoms with Gasteiger partial charge in [0.1, 0.15) is 0 Å². The largest absolute Gasteiger partial charge is 0.436 e. The van der Waals surface area contributed by atoms with Gasteiger partial charge in [-0.1, -0.05) is 12.1 Å². The molecule has 1 fully saturated rings. The Hall–Kier alpha value is -3.29. The number of amides is 1. The van der Waals surface area contributed by atoms with E-state index < -0.39 is 5.82 Å². The zero-order valence-electron chi connectivity index (χ0n) is 16.4. The fourth-order valence-electron chi connectivity index (χ4n) is 3.55. The van der Waals surface area contributed by atoms with Crippen molar-refractivity contribution in [3.63, 3.8) is 0 Å². The third-order valence-electron chi connectivity index (χ3n) is 4.97. The number of hydrogen-bond donors (Lipinski definition) is 0. The summed E-state index contributed by atoms with van der Waals surface area (Å²) < 4.78 is 21.3. The van der Waals surface area contributed by atoms with Crippen LogP contribution in [0.15, 0.2) is 42.7 Å². The lowest BCUT2D eigenvalue weighted by Crippen LogP contribution is -2.40. The minimum atomic E-state index is -0.463. The number of rotatable bonds is 4. The quantitative estimate of drug-likeness (QED) is 0.672. The van der Waals surface area contributed by atoms with Gasteiger partial charge in [0.25, 0.3) is 5.91 Å². The molecule has 0 unspecified atom stereocenters. The summed E-state index contributed by atoms with van der Waals surface area (Å²) in [6.45, 7) is 2.43. The van der Waals surface area contributed by atoms with Crippen LogP contribution >= 0.6 is 0 Å². The van der Waals surface area contributed by atoms with Gasteiger partial charge >= 0.3 is 0 Å². The smallest absolute Gasteiger partial charge is 0.290 e. The zero-order valence-corrected chi connectivity index (χ0v) is 16.4. The molecule has 0 saturated carbocycles. The number of carbonyl (C=O) groups is 1. The van der Waals surface area contributed by atoms with Crippen LogP contribution in [0.25, 0.3) is 0 Å². The van der Waals surface area contributed by atoms with Crippen LogP contribution in [0.5, 0.6) is 11.6 Å². The number of nitrogens with zero attached hydrogens (tertiary/aromatic N) is 5. The molecule has 2 aromatic heterocycles. The van der Waals surface area contributed by atoms with E-state index in [2.05, 4.69) is 15.0 Å². The Morgan fingerprint density at radius 1 is 1.24 bits per heavy atom. The van der Waals surface area contributed by atoms with E-state index >= 15 is 0 Å². The summed E-state index contributed by atoms with van der Waals surface area (Å²) in [5, 5.41) is 0. The van der Waals surface area contributed by atoms with E-state index in [0.29, 0.717) is 23.9 Å². The standard InChI is InChI=1S/C21H22FN5O2/c1-14-13-18(29-17-9-4-3-7-15(17)22)25-19(24-14)16-8-5-6-11-27(16)21(28)20-23-10-12-26(20)2/h3-4,7,9-10,12-13,16H,5-6,8,11H2,1-2H3/t16-/m0/s1. The maximum absolute atomic E-state index is 14.0. The fourth-order valence-corrected chi connectivity index (χ4v) is 3.55. The number of likely N-dealkylation sites (tertiary alicyclic amines) is 1. The van der Waals surface area contributed by atoms with Crippen molar-refractivity contribution in [1.82, 2.24) is 24.4 Å². The van der Waals surface area contributed by atoms with Crippen molar-refractivity contribution in [1.29, 1.82) is 0 Å². The van der Waals surface area contributed by atoms with Crippen LogP contribution in [0.2, 0.25) is 0 Å². The predicted molar refractivity (Wildman–Crippen MR) is 104 cm³/mol. The van der Waals surface area contributed by atoms with E-state index in [0.717, 1.165) is 19.3 Å². The lowest BCUT2D eigenvalue weighted by atomic mass is 10.0. The van der Waals surface area contributed by atoms with Gasteiger partial charge in [0.15, 0.2) is 23.2 Å². The maximum Gasteiger partial charge on any atom is 0.290 e. The molecule has 4 rings (SSSR count). The number of imidazole rings is 1. The van der Waals surface area contributed by atoms with Crippen molar-refractivity contribution in [2.24, 2.45) is 7.05 Å². The van der Waals surface area contributed by atoms with E-state index in [9.17, 15) is 9.18 Å². The molecule has 150 valence electrons. The summed E-state index contributed by atoms with van der Waals surface area (Å²) >= 11 is 0. The van der Waals surface area contributed by atoms with Gasteiger partial charge in [0, 0.05) is 37.7 Å². The normalized spacial score (nSPS) is 16.7. The number of aromatic nitrogens is 4. The third kappa shape index (κ3) is 3.96. The van der Waals surface area contributed by atoms with Crippen LogP contribution in [0.3, 0.4) is 0 Å². The minimum absolute atomic E-state index is 0.0983. The third-order valence-corrected chi connectivity index (χ3v) is 4.97. The number of hydrogen-bond acceptors (Lipinski definition) is 5. The van der Waals surface area contributed by atoms with E-state index in [1.807, 2.05) is 6.92 Å². The molecule has 7 nitrogen and oxygen atoms in total. The highest BCUT2D eigenvalue weighted by Gasteiger charge is 2.32. The molecule has 1 aliphatic heterocycles. The Morgan fingerprint density at radius 3 is 2.83 bits per heavy atom. The Kier molecular flexibility index (Phi) is 5.24.